The molecule has 33 heavy (non-hydrogen) atoms. The zero-order valence-electron chi connectivity index (χ0n) is 19.3. The van der Waals surface area contributed by atoms with Gasteiger partial charge < -0.3 is 15.5 Å². The predicted molar refractivity (Wildman–Crippen MR) is 139 cm³/mol. The van der Waals surface area contributed by atoms with Gasteiger partial charge in [-0.05, 0) is 68.2 Å². The molecule has 1 aliphatic rings. The highest BCUT2D eigenvalue weighted by atomic mass is 35.5. The molecule has 2 aromatic carbocycles. The van der Waals surface area contributed by atoms with Crippen LogP contribution in [-0.2, 0) is 0 Å². The van der Waals surface area contributed by atoms with E-state index in [1.807, 2.05) is 55.6 Å². The number of anilines is 2. The van der Waals surface area contributed by atoms with E-state index < -0.39 is 0 Å². The molecule has 1 aromatic heterocycles. The summed E-state index contributed by atoms with van der Waals surface area (Å²) in [6.07, 6.45) is 6.13. The third-order valence-electron chi connectivity index (χ3n) is 6.16. The summed E-state index contributed by atoms with van der Waals surface area (Å²) in [5.41, 5.74) is 1.49. The summed E-state index contributed by atoms with van der Waals surface area (Å²) in [5.74, 6) is 1.96. The Hall–Kier alpha value is -2.51. The molecule has 174 valence electrons. The standard InChI is InChI=1S/C25H30ClN5OS/c1-31(2)23-19-6-4-5-7-22(19)29-25(30-23)28-17-10-8-16(9-11-17)15-27-24(32)20-14-18(33-3)12-13-21(20)26/h4-7,12-14,16-17H,8-11,15H2,1-3H3,(H,27,32)(H,28,29,30). The van der Waals surface area contributed by atoms with Crippen molar-refractivity contribution in [3.05, 3.63) is 53.1 Å². The number of fused-ring (bicyclic) bond motifs is 1. The van der Waals surface area contributed by atoms with Gasteiger partial charge in [-0.25, -0.2) is 4.98 Å². The number of rotatable bonds is 7. The van der Waals surface area contributed by atoms with Crippen LogP contribution in [0.4, 0.5) is 11.8 Å². The Labute approximate surface area is 204 Å². The summed E-state index contributed by atoms with van der Waals surface area (Å²) < 4.78 is 0. The highest BCUT2D eigenvalue weighted by molar-refractivity contribution is 7.98. The number of nitrogens with zero attached hydrogens (tertiary/aromatic N) is 3. The third-order valence-corrected chi connectivity index (χ3v) is 7.21. The maximum absolute atomic E-state index is 12.6. The van der Waals surface area contributed by atoms with Crippen molar-refractivity contribution >= 4 is 51.9 Å². The topological polar surface area (TPSA) is 70.2 Å². The number of benzene rings is 2. The van der Waals surface area contributed by atoms with E-state index in [0.29, 0.717) is 35.0 Å². The van der Waals surface area contributed by atoms with Crippen LogP contribution in [0, 0.1) is 5.92 Å². The number of halogens is 1. The second-order valence-corrected chi connectivity index (χ2v) is 9.99. The van der Waals surface area contributed by atoms with Gasteiger partial charge in [0, 0.05) is 37.0 Å². The van der Waals surface area contributed by atoms with E-state index in [9.17, 15) is 4.79 Å². The average molecular weight is 484 g/mol. The van der Waals surface area contributed by atoms with Gasteiger partial charge in [0.2, 0.25) is 5.95 Å². The summed E-state index contributed by atoms with van der Waals surface area (Å²) in [6, 6.07) is 14.0. The fraction of sp³-hybridized carbons (Fsp3) is 0.400. The zero-order valence-corrected chi connectivity index (χ0v) is 20.8. The van der Waals surface area contributed by atoms with E-state index in [2.05, 4.69) is 16.7 Å². The molecule has 6 nitrogen and oxygen atoms in total. The van der Waals surface area contributed by atoms with Crippen molar-refractivity contribution < 1.29 is 4.79 Å². The first kappa shape index (κ1) is 23.6. The number of carbonyl (C=O) groups excluding carboxylic acids is 1. The van der Waals surface area contributed by atoms with Crippen molar-refractivity contribution in [2.24, 2.45) is 5.92 Å². The van der Waals surface area contributed by atoms with Crippen molar-refractivity contribution in [2.45, 2.75) is 36.6 Å². The first-order chi connectivity index (χ1) is 15.9. The minimum absolute atomic E-state index is 0.100. The lowest BCUT2D eigenvalue weighted by atomic mass is 9.86. The molecule has 4 rings (SSSR count). The third kappa shape index (κ3) is 5.71. The van der Waals surface area contributed by atoms with Crippen molar-refractivity contribution in [1.82, 2.24) is 15.3 Å². The van der Waals surface area contributed by atoms with Gasteiger partial charge in [0.1, 0.15) is 5.82 Å². The van der Waals surface area contributed by atoms with E-state index in [4.69, 9.17) is 21.6 Å². The van der Waals surface area contributed by atoms with E-state index in [0.717, 1.165) is 47.3 Å². The van der Waals surface area contributed by atoms with Gasteiger partial charge in [0.05, 0.1) is 16.1 Å². The second kappa shape index (κ2) is 10.6. The Bertz CT molecular complexity index is 1130. The van der Waals surface area contributed by atoms with Gasteiger partial charge in [0.15, 0.2) is 0 Å². The van der Waals surface area contributed by atoms with E-state index in [-0.39, 0.29) is 5.91 Å². The number of thioether (sulfide) groups is 1. The molecule has 3 aromatic rings. The molecule has 1 amide bonds. The van der Waals surface area contributed by atoms with Crippen LogP contribution >= 0.6 is 23.4 Å². The molecule has 0 atom stereocenters. The Morgan fingerprint density at radius 3 is 2.61 bits per heavy atom. The van der Waals surface area contributed by atoms with Crippen LogP contribution in [-0.4, -0.2) is 48.8 Å². The molecule has 0 unspecified atom stereocenters. The minimum atomic E-state index is -0.100. The van der Waals surface area contributed by atoms with Gasteiger partial charge in [0.25, 0.3) is 5.91 Å². The maximum Gasteiger partial charge on any atom is 0.252 e. The lowest BCUT2D eigenvalue weighted by Crippen LogP contribution is -2.34. The van der Waals surface area contributed by atoms with Crippen molar-refractivity contribution in [1.29, 1.82) is 0 Å². The maximum atomic E-state index is 12.6. The fourth-order valence-corrected chi connectivity index (χ4v) is 4.94. The summed E-state index contributed by atoms with van der Waals surface area (Å²) in [5, 5.41) is 8.17. The molecule has 0 saturated heterocycles. The smallest absolute Gasteiger partial charge is 0.252 e. The molecule has 0 spiro atoms. The molecule has 8 heteroatoms. The predicted octanol–water partition coefficient (Wildman–Crippen LogP) is 5.47. The molecule has 1 aliphatic carbocycles. The molecular formula is C25H30ClN5OS. The summed E-state index contributed by atoms with van der Waals surface area (Å²) in [7, 11) is 4.01. The molecule has 0 radical (unpaired) electrons. The highest BCUT2D eigenvalue weighted by Crippen LogP contribution is 2.28. The van der Waals surface area contributed by atoms with E-state index in [1.165, 1.54) is 0 Å². The van der Waals surface area contributed by atoms with E-state index in [1.54, 1.807) is 17.8 Å². The highest BCUT2D eigenvalue weighted by Gasteiger charge is 2.23. The first-order valence-electron chi connectivity index (χ1n) is 11.3. The Morgan fingerprint density at radius 2 is 1.88 bits per heavy atom. The number of nitrogens with one attached hydrogen (secondary N) is 2. The van der Waals surface area contributed by atoms with Gasteiger partial charge in [-0.15, -0.1) is 11.8 Å². The van der Waals surface area contributed by atoms with Gasteiger partial charge in [-0.1, -0.05) is 23.7 Å². The molecule has 2 N–H and O–H groups in total. The van der Waals surface area contributed by atoms with Crippen LogP contribution in [0.15, 0.2) is 47.4 Å². The van der Waals surface area contributed by atoms with Gasteiger partial charge >= 0.3 is 0 Å². The van der Waals surface area contributed by atoms with Crippen molar-refractivity contribution in [2.75, 3.05) is 37.1 Å². The zero-order chi connectivity index (χ0) is 23.4. The number of aromatic nitrogens is 2. The minimum Gasteiger partial charge on any atom is -0.362 e. The molecule has 1 saturated carbocycles. The van der Waals surface area contributed by atoms with Crippen LogP contribution in [0.25, 0.3) is 10.9 Å². The summed E-state index contributed by atoms with van der Waals surface area (Å²) in [6.45, 7) is 0.669. The summed E-state index contributed by atoms with van der Waals surface area (Å²) in [4.78, 5) is 25.2. The lowest BCUT2D eigenvalue weighted by Gasteiger charge is -2.29. The average Bonchev–Trinajstić information content (AvgIpc) is 2.83. The number of amides is 1. The van der Waals surface area contributed by atoms with Crippen molar-refractivity contribution in [3.63, 3.8) is 0 Å². The first-order valence-corrected chi connectivity index (χ1v) is 12.9. The SMILES string of the molecule is CSc1ccc(Cl)c(C(=O)NCC2CCC(Nc3nc(N(C)C)c4ccccc4n3)CC2)c1. The second-order valence-electron chi connectivity index (χ2n) is 8.70. The number of carbonyl (C=O) groups is 1. The normalized spacial score (nSPS) is 18.2. The Balaban J connectivity index is 1.32. The van der Waals surface area contributed by atoms with Crippen LogP contribution in [0.5, 0.6) is 0 Å². The lowest BCUT2D eigenvalue weighted by molar-refractivity contribution is 0.0943. The monoisotopic (exact) mass is 483 g/mol. The molecule has 0 bridgehead atoms. The van der Waals surface area contributed by atoms with Gasteiger partial charge in [-0.2, -0.15) is 4.98 Å². The number of para-hydroxylation sites is 1. The van der Waals surface area contributed by atoms with E-state index >= 15 is 0 Å². The van der Waals surface area contributed by atoms with Crippen LogP contribution < -0.4 is 15.5 Å². The number of hydrogen-bond donors (Lipinski definition) is 2. The van der Waals surface area contributed by atoms with Crippen LogP contribution in [0.1, 0.15) is 36.0 Å². The van der Waals surface area contributed by atoms with Crippen LogP contribution in [0.2, 0.25) is 5.02 Å². The molecule has 0 aliphatic heterocycles. The van der Waals surface area contributed by atoms with Crippen LogP contribution in [0.3, 0.4) is 0 Å². The Kier molecular flexibility index (Phi) is 7.60. The Morgan fingerprint density at radius 1 is 1.12 bits per heavy atom. The molecule has 1 heterocycles. The van der Waals surface area contributed by atoms with Gasteiger partial charge in [-0.3, -0.25) is 4.79 Å². The largest absolute Gasteiger partial charge is 0.362 e. The fourth-order valence-electron chi connectivity index (χ4n) is 4.30. The van der Waals surface area contributed by atoms with Crippen molar-refractivity contribution in [3.8, 4) is 0 Å². The summed E-state index contributed by atoms with van der Waals surface area (Å²) >= 11 is 7.84. The molecular weight excluding hydrogens is 454 g/mol. The quantitative estimate of drug-likeness (QED) is 0.434. The molecule has 1 fully saturated rings. The number of hydrogen-bond acceptors (Lipinski definition) is 6.